The Labute approximate surface area is 57.3 Å². The van der Waals surface area contributed by atoms with Gasteiger partial charge in [-0.3, -0.25) is 0 Å². The van der Waals surface area contributed by atoms with Crippen LogP contribution in [0.2, 0.25) is 0 Å². The fourth-order valence-corrected chi connectivity index (χ4v) is 0.499. The topological polar surface area (TPSA) is 26.0 Å². The molecule has 0 unspecified atom stereocenters. The van der Waals surface area contributed by atoms with E-state index in [1.165, 1.54) is 6.42 Å². The highest BCUT2D eigenvalue weighted by Gasteiger charge is 1.68. The molecule has 0 atom stereocenters. The van der Waals surface area contributed by atoms with Gasteiger partial charge in [0.05, 0.1) is 0 Å². The van der Waals surface area contributed by atoms with Gasteiger partial charge in [0.1, 0.15) is 0 Å². The minimum atomic E-state index is 0.635. The van der Waals surface area contributed by atoms with Gasteiger partial charge < -0.3 is 5.73 Å². The lowest BCUT2D eigenvalue weighted by Crippen LogP contribution is -1.91. The number of hydrogen-bond donors (Lipinski definition) is 1. The van der Waals surface area contributed by atoms with E-state index in [0.29, 0.717) is 6.54 Å². The van der Waals surface area contributed by atoms with Gasteiger partial charge in [-0.2, -0.15) is 0 Å². The van der Waals surface area contributed by atoms with Crippen molar-refractivity contribution in [2.45, 2.75) is 19.8 Å². The molecule has 0 bridgehead atoms. The van der Waals surface area contributed by atoms with Crippen LogP contribution in [0.5, 0.6) is 0 Å². The van der Waals surface area contributed by atoms with Crippen molar-refractivity contribution < 1.29 is 0 Å². The summed E-state index contributed by atoms with van der Waals surface area (Å²) in [6.07, 6.45) is 10.5. The van der Waals surface area contributed by atoms with Gasteiger partial charge in [0.25, 0.3) is 0 Å². The quantitative estimate of drug-likeness (QED) is 0.570. The molecule has 52 valence electrons. The maximum Gasteiger partial charge on any atom is 0.0109 e. The first-order chi connectivity index (χ1) is 4.41. The van der Waals surface area contributed by atoms with Crippen LogP contribution >= 0.6 is 0 Å². The molecule has 0 saturated carbocycles. The highest BCUT2D eigenvalue weighted by molar-refractivity contribution is 5.02. The molecule has 1 heteroatoms. The molecule has 0 saturated heterocycles. The van der Waals surface area contributed by atoms with E-state index < -0.39 is 0 Å². The second-order valence-electron chi connectivity index (χ2n) is 1.88. The molecular formula is C8H15N. The summed E-state index contributed by atoms with van der Waals surface area (Å²) in [6.45, 7) is 2.80. The maximum absolute atomic E-state index is 5.22. The van der Waals surface area contributed by atoms with Crippen LogP contribution < -0.4 is 5.73 Å². The number of rotatable bonds is 4. The third kappa shape index (κ3) is 7.44. The standard InChI is InChI=1S/C8H15N/c1-2-3-4-5-6-7-8-9/h4-7H,2-3,8-9H2,1H3. The second-order valence-corrected chi connectivity index (χ2v) is 1.88. The van der Waals surface area contributed by atoms with E-state index >= 15 is 0 Å². The Balaban J connectivity index is 3.13. The van der Waals surface area contributed by atoms with Crippen molar-refractivity contribution in [1.82, 2.24) is 0 Å². The fourth-order valence-electron chi connectivity index (χ4n) is 0.499. The van der Waals surface area contributed by atoms with Gasteiger partial charge in [0, 0.05) is 6.54 Å². The first-order valence-electron chi connectivity index (χ1n) is 3.43. The molecule has 0 aromatic rings. The van der Waals surface area contributed by atoms with Crippen LogP contribution in [0.4, 0.5) is 0 Å². The molecule has 0 aliphatic carbocycles. The first kappa shape index (κ1) is 8.44. The summed E-state index contributed by atoms with van der Waals surface area (Å²) in [6, 6.07) is 0. The third-order valence-electron chi connectivity index (χ3n) is 0.975. The van der Waals surface area contributed by atoms with Gasteiger partial charge in [0.15, 0.2) is 0 Å². The monoisotopic (exact) mass is 125 g/mol. The predicted octanol–water partition coefficient (Wildman–Crippen LogP) is 1.86. The largest absolute Gasteiger partial charge is 0.327 e. The zero-order valence-corrected chi connectivity index (χ0v) is 6.01. The number of hydrogen-bond acceptors (Lipinski definition) is 1. The zero-order chi connectivity index (χ0) is 6.95. The molecule has 0 aliphatic heterocycles. The average Bonchev–Trinajstić information content (AvgIpc) is 1.89. The van der Waals surface area contributed by atoms with E-state index in [1.807, 2.05) is 18.2 Å². The van der Waals surface area contributed by atoms with E-state index in [-0.39, 0.29) is 0 Å². The SMILES string of the molecule is CCCC=CC=CCN. The van der Waals surface area contributed by atoms with Gasteiger partial charge in [-0.25, -0.2) is 0 Å². The number of allylic oxidation sites excluding steroid dienone is 3. The van der Waals surface area contributed by atoms with Gasteiger partial charge in [0.2, 0.25) is 0 Å². The van der Waals surface area contributed by atoms with Crippen molar-refractivity contribution in [3.8, 4) is 0 Å². The summed E-state index contributed by atoms with van der Waals surface area (Å²) in [4.78, 5) is 0. The van der Waals surface area contributed by atoms with Gasteiger partial charge in [-0.15, -0.1) is 0 Å². The highest BCUT2D eigenvalue weighted by Crippen LogP contribution is 1.87. The Kier molecular flexibility index (Phi) is 6.98. The van der Waals surface area contributed by atoms with Crippen molar-refractivity contribution in [2.24, 2.45) is 5.73 Å². The van der Waals surface area contributed by atoms with Crippen LogP contribution in [-0.4, -0.2) is 6.54 Å². The Hall–Kier alpha value is -0.560. The number of unbranched alkanes of at least 4 members (excludes halogenated alkanes) is 1. The van der Waals surface area contributed by atoms with E-state index in [9.17, 15) is 0 Å². The maximum atomic E-state index is 5.22. The summed E-state index contributed by atoms with van der Waals surface area (Å²) in [5.41, 5.74) is 5.22. The lowest BCUT2D eigenvalue weighted by molar-refractivity contribution is 0.959. The van der Waals surface area contributed by atoms with Crippen molar-refractivity contribution in [3.63, 3.8) is 0 Å². The zero-order valence-electron chi connectivity index (χ0n) is 6.01. The lowest BCUT2D eigenvalue weighted by atomic mass is 10.3. The van der Waals surface area contributed by atoms with Crippen LogP contribution in [0.25, 0.3) is 0 Å². The van der Waals surface area contributed by atoms with E-state index in [2.05, 4.69) is 13.0 Å². The van der Waals surface area contributed by atoms with E-state index in [0.717, 1.165) is 6.42 Å². The van der Waals surface area contributed by atoms with Crippen LogP contribution in [0, 0.1) is 0 Å². The van der Waals surface area contributed by atoms with Crippen molar-refractivity contribution in [2.75, 3.05) is 6.54 Å². The molecule has 0 rings (SSSR count). The molecule has 0 amide bonds. The molecular weight excluding hydrogens is 110 g/mol. The molecule has 0 aliphatic rings. The normalized spacial score (nSPS) is 11.8. The summed E-state index contributed by atoms with van der Waals surface area (Å²) in [5, 5.41) is 0. The van der Waals surface area contributed by atoms with Gasteiger partial charge >= 0.3 is 0 Å². The Morgan fingerprint density at radius 1 is 1.22 bits per heavy atom. The molecule has 0 fully saturated rings. The molecule has 2 N–H and O–H groups in total. The summed E-state index contributed by atoms with van der Waals surface area (Å²) in [7, 11) is 0. The molecule has 9 heavy (non-hydrogen) atoms. The predicted molar refractivity (Wildman–Crippen MR) is 42.2 cm³/mol. The summed E-state index contributed by atoms with van der Waals surface area (Å²) < 4.78 is 0. The van der Waals surface area contributed by atoms with Gasteiger partial charge in [-0.1, -0.05) is 37.6 Å². The van der Waals surface area contributed by atoms with Crippen LogP contribution in [0.15, 0.2) is 24.3 Å². The smallest absolute Gasteiger partial charge is 0.0109 e. The first-order valence-corrected chi connectivity index (χ1v) is 3.43. The van der Waals surface area contributed by atoms with Crippen molar-refractivity contribution >= 4 is 0 Å². The Bertz CT molecular complexity index is 92.7. The summed E-state index contributed by atoms with van der Waals surface area (Å²) in [5.74, 6) is 0. The molecule has 1 nitrogen and oxygen atoms in total. The fraction of sp³-hybridized carbons (Fsp3) is 0.500. The molecule has 0 heterocycles. The van der Waals surface area contributed by atoms with Gasteiger partial charge in [-0.05, 0) is 6.42 Å². The minimum Gasteiger partial charge on any atom is -0.327 e. The molecule has 0 spiro atoms. The minimum absolute atomic E-state index is 0.635. The summed E-state index contributed by atoms with van der Waals surface area (Å²) >= 11 is 0. The molecule has 0 aromatic heterocycles. The van der Waals surface area contributed by atoms with Crippen molar-refractivity contribution in [1.29, 1.82) is 0 Å². The van der Waals surface area contributed by atoms with Crippen LogP contribution in [-0.2, 0) is 0 Å². The highest BCUT2D eigenvalue weighted by atomic mass is 14.5. The lowest BCUT2D eigenvalue weighted by Gasteiger charge is -1.79. The van der Waals surface area contributed by atoms with Crippen LogP contribution in [0.1, 0.15) is 19.8 Å². The molecule has 0 radical (unpaired) electrons. The third-order valence-corrected chi connectivity index (χ3v) is 0.975. The van der Waals surface area contributed by atoms with Crippen molar-refractivity contribution in [3.05, 3.63) is 24.3 Å². The van der Waals surface area contributed by atoms with E-state index in [4.69, 9.17) is 5.73 Å². The number of nitrogens with two attached hydrogens (primary N) is 1. The Morgan fingerprint density at radius 2 is 1.89 bits per heavy atom. The van der Waals surface area contributed by atoms with E-state index in [1.54, 1.807) is 0 Å². The van der Waals surface area contributed by atoms with Crippen LogP contribution in [0.3, 0.4) is 0 Å². The second kappa shape index (κ2) is 7.44. The molecule has 0 aromatic carbocycles. The Morgan fingerprint density at radius 3 is 2.44 bits per heavy atom. The average molecular weight is 125 g/mol.